The summed E-state index contributed by atoms with van der Waals surface area (Å²) in [6.45, 7) is 4.33. The van der Waals surface area contributed by atoms with Crippen molar-refractivity contribution < 1.29 is 9.53 Å². The zero-order valence-electron chi connectivity index (χ0n) is 9.79. The summed E-state index contributed by atoms with van der Waals surface area (Å²) in [5.41, 5.74) is 0. The van der Waals surface area contributed by atoms with Crippen LogP contribution in [0.25, 0.3) is 0 Å². The van der Waals surface area contributed by atoms with Crippen LogP contribution in [0.5, 0.6) is 0 Å². The maximum atomic E-state index is 11.1. The lowest BCUT2D eigenvalue weighted by atomic mass is 9.99. The fraction of sp³-hybridized carbons (Fsp3) is 0.833. The second kappa shape index (κ2) is 9.51. The van der Waals surface area contributed by atoms with Crippen LogP contribution in [0.15, 0.2) is 0 Å². The second-order valence-electron chi connectivity index (χ2n) is 3.68. The first kappa shape index (κ1) is 14.0. The van der Waals surface area contributed by atoms with Crippen molar-refractivity contribution in [3.63, 3.8) is 0 Å². The maximum absolute atomic E-state index is 11.1. The Hall–Kier alpha value is -1.04. The van der Waals surface area contributed by atoms with Gasteiger partial charge in [-0.05, 0) is 13.3 Å². The van der Waals surface area contributed by atoms with Crippen molar-refractivity contribution in [1.29, 1.82) is 5.26 Å². The van der Waals surface area contributed by atoms with Crippen molar-refractivity contribution in [1.82, 2.24) is 0 Å². The molecule has 1 atom stereocenters. The minimum absolute atomic E-state index is 0.166. The van der Waals surface area contributed by atoms with Gasteiger partial charge in [0.1, 0.15) is 0 Å². The lowest BCUT2D eigenvalue weighted by Crippen LogP contribution is -2.10. The summed E-state index contributed by atoms with van der Waals surface area (Å²) in [5.74, 6) is -0.416. The quantitative estimate of drug-likeness (QED) is 0.458. The summed E-state index contributed by atoms with van der Waals surface area (Å²) in [7, 11) is 0. The van der Waals surface area contributed by atoms with E-state index in [0.717, 1.165) is 19.3 Å². The van der Waals surface area contributed by atoms with Gasteiger partial charge in [-0.25, -0.2) is 0 Å². The molecule has 0 saturated heterocycles. The number of nitriles is 1. The van der Waals surface area contributed by atoms with E-state index in [2.05, 4.69) is 13.0 Å². The molecule has 0 heterocycles. The van der Waals surface area contributed by atoms with Crippen LogP contribution in [0.3, 0.4) is 0 Å². The molecule has 0 saturated carbocycles. The van der Waals surface area contributed by atoms with Gasteiger partial charge >= 0.3 is 5.97 Å². The van der Waals surface area contributed by atoms with Crippen LogP contribution in [0.1, 0.15) is 52.4 Å². The van der Waals surface area contributed by atoms with E-state index < -0.39 is 0 Å². The number of ether oxygens (including phenoxy) is 1. The molecule has 0 aromatic heterocycles. The van der Waals surface area contributed by atoms with Crippen molar-refractivity contribution in [2.75, 3.05) is 6.61 Å². The first-order chi connectivity index (χ1) is 7.24. The van der Waals surface area contributed by atoms with Crippen LogP contribution in [0, 0.1) is 17.2 Å². The van der Waals surface area contributed by atoms with Crippen molar-refractivity contribution >= 4 is 5.97 Å². The van der Waals surface area contributed by atoms with E-state index in [9.17, 15) is 4.79 Å². The van der Waals surface area contributed by atoms with E-state index >= 15 is 0 Å². The molecule has 0 aliphatic carbocycles. The standard InChI is InChI=1S/C12H21NO2/c1-3-5-6-7-8-11(10-13)9-12(14)15-4-2/h11H,3-9H2,1-2H3. The topological polar surface area (TPSA) is 50.1 Å². The molecule has 0 aliphatic heterocycles. The minimum Gasteiger partial charge on any atom is -0.466 e. The molecule has 0 aromatic carbocycles. The fourth-order valence-corrected chi connectivity index (χ4v) is 1.45. The van der Waals surface area contributed by atoms with Gasteiger partial charge in [-0.1, -0.05) is 32.6 Å². The summed E-state index contributed by atoms with van der Waals surface area (Å²) in [6, 6.07) is 2.17. The Morgan fingerprint density at radius 3 is 2.60 bits per heavy atom. The Kier molecular flexibility index (Phi) is 8.85. The van der Waals surface area contributed by atoms with Crippen LogP contribution in [0.2, 0.25) is 0 Å². The van der Waals surface area contributed by atoms with Gasteiger partial charge in [0, 0.05) is 0 Å². The predicted molar refractivity (Wildman–Crippen MR) is 59.1 cm³/mol. The molecular formula is C12H21NO2. The molecule has 0 aliphatic rings. The molecule has 0 aromatic rings. The highest BCUT2D eigenvalue weighted by atomic mass is 16.5. The number of hydrogen-bond donors (Lipinski definition) is 0. The first-order valence-electron chi connectivity index (χ1n) is 5.79. The van der Waals surface area contributed by atoms with E-state index in [4.69, 9.17) is 10.00 Å². The van der Waals surface area contributed by atoms with Crippen LogP contribution in [0.4, 0.5) is 0 Å². The van der Waals surface area contributed by atoms with Crippen molar-refractivity contribution in [3.05, 3.63) is 0 Å². The van der Waals surface area contributed by atoms with Gasteiger partial charge in [-0.3, -0.25) is 4.79 Å². The average Bonchev–Trinajstić information content (AvgIpc) is 2.23. The highest BCUT2D eigenvalue weighted by molar-refractivity contribution is 5.70. The van der Waals surface area contributed by atoms with Crippen LogP contribution < -0.4 is 0 Å². The van der Waals surface area contributed by atoms with E-state index in [0.29, 0.717) is 6.61 Å². The van der Waals surface area contributed by atoms with Crippen LogP contribution in [-0.2, 0) is 9.53 Å². The van der Waals surface area contributed by atoms with Gasteiger partial charge in [0.25, 0.3) is 0 Å². The van der Waals surface area contributed by atoms with Gasteiger partial charge in [-0.15, -0.1) is 0 Å². The molecule has 0 spiro atoms. The van der Waals surface area contributed by atoms with Crippen molar-refractivity contribution in [3.8, 4) is 6.07 Å². The predicted octanol–water partition coefficient (Wildman–Crippen LogP) is 3.05. The van der Waals surface area contributed by atoms with Crippen LogP contribution in [-0.4, -0.2) is 12.6 Å². The molecule has 0 amide bonds. The smallest absolute Gasteiger partial charge is 0.307 e. The third-order valence-corrected chi connectivity index (χ3v) is 2.31. The summed E-state index contributed by atoms with van der Waals surface area (Å²) in [4.78, 5) is 11.1. The molecule has 0 radical (unpaired) electrons. The van der Waals surface area contributed by atoms with Crippen LogP contribution >= 0.6 is 0 Å². The normalized spacial score (nSPS) is 11.8. The van der Waals surface area contributed by atoms with E-state index in [1.165, 1.54) is 12.8 Å². The number of unbranched alkanes of at least 4 members (excludes halogenated alkanes) is 3. The van der Waals surface area contributed by atoms with Gasteiger partial charge in [0.2, 0.25) is 0 Å². The minimum atomic E-state index is -0.250. The molecule has 86 valence electrons. The molecule has 15 heavy (non-hydrogen) atoms. The lowest BCUT2D eigenvalue weighted by molar-refractivity contribution is -0.143. The SMILES string of the molecule is CCCCCCC(C#N)CC(=O)OCC. The zero-order chi connectivity index (χ0) is 11.5. The lowest BCUT2D eigenvalue weighted by Gasteiger charge is -2.07. The van der Waals surface area contributed by atoms with Gasteiger partial charge in [0.15, 0.2) is 0 Å². The largest absolute Gasteiger partial charge is 0.466 e. The van der Waals surface area contributed by atoms with Crippen molar-refractivity contribution in [2.24, 2.45) is 5.92 Å². The summed E-state index contributed by atoms with van der Waals surface area (Å²) in [5, 5.41) is 8.84. The second-order valence-corrected chi connectivity index (χ2v) is 3.68. The van der Waals surface area contributed by atoms with E-state index in [-0.39, 0.29) is 18.3 Å². The molecule has 1 unspecified atom stereocenters. The molecule has 0 N–H and O–H groups in total. The fourth-order valence-electron chi connectivity index (χ4n) is 1.45. The number of hydrogen-bond acceptors (Lipinski definition) is 3. The number of nitrogens with zero attached hydrogens (tertiary/aromatic N) is 1. The molecule has 3 nitrogen and oxygen atoms in total. The maximum Gasteiger partial charge on any atom is 0.307 e. The van der Waals surface area contributed by atoms with Crippen molar-refractivity contribution in [2.45, 2.75) is 52.4 Å². The molecular weight excluding hydrogens is 190 g/mol. The Labute approximate surface area is 92.4 Å². The summed E-state index contributed by atoms with van der Waals surface area (Å²) >= 11 is 0. The van der Waals surface area contributed by atoms with E-state index in [1.54, 1.807) is 6.92 Å². The number of rotatable bonds is 8. The first-order valence-corrected chi connectivity index (χ1v) is 5.79. The third-order valence-electron chi connectivity index (χ3n) is 2.31. The number of carbonyl (C=O) groups is 1. The monoisotopic (exact) mass is 211 g/mol. The molecule has 3 heteroatoms. The Balaban J connectivity index is 3.64. The molecule has 0 fully saturated rings. The number of esters is 1. The van der Waals surface area contributed by atoms with Gasteiger partial charge < -0.3 is 4.74 Å². The molecule has 0 bridgehead atoms. The summed E-state index contributed by atoms with van der Waals surface area (Å²) < 4.78 is 4.81. The van der Waals surface area contributed by atoms with Gasteiger partial charge in [-0.2, -0.15) is 5.26 Å². The Bertz CT molecular complexity index is 208. The number of carbonyl (C=O) groups excluding carboxylic acids is 1. The Morgan fingerprint density at radius 1 is 1.33 bits per heavy atom. The summed E-state index contributed by atoms with van der Waals surface area (Å²) in [6.07, 6.45) is 5.64. The highest BCUT2D eigenvalue weighted by Crippen LogP contribution is 2.14. The highest BCUT2D eigenvalue weighted by Gasteiger charge is 2.13. The van der Waals surface area contributed by atoms with Gasteiger partial charge in [0.05, 0.1) is 25.0 Å². The molecule has 0 rings (SSSR count). The Morgan fingerprint density at radius 2 is 2.07 bits per heavy atom. The van der Waals surface area contributed by atoms with E-state index in [1.807, 2.05) is 0 Å². The average molecular weight is 211 g/mol. The zero-order valence-corrected chi connectivity index (χ0v) is 9.79. The third kappa shape index (κ3) is 7.99.